The van der Waals surface area contributed by atoms with Gasteiger partial charge in [-0.25, -0.2) is 0 Å². The van der Waals surface area contributed by atoms with Crippen LogP contribution in [0.3, 0.4) is 0 Å². The average Bonchev–Trinajstić information content (AvgIpc) is 3.03. The molecule has 0 spiro atoms. The van der Waals surface area contributed by atoms with E-state index in [2.05, 4.69) is 10.3 Å². The summed E-state index contributed by atoms with van der Waals surface area (Å²) in [6.07, 6.45) is 5.36. The number of carbonyl (C=O) groups excluding carboxylic acids is 1. The van der Waals surface area contributed by atoms with Crippen molar-refractivity contribution in [2.45, 2.75) is 32.2 Å². The second kappa shape index (κ2) is 4.43. The molecule has 0 saturated heterocycles. The third kappa shape index (κ3) is 1.75. The highest BCUT2D eigenvalue weighted by molar-refractivity contribution is 5.95. The number of aliphatic hydroxyl groups is 1. The predicted octanol–water partition coefficient (Wildman–Crippen LogP) is 1.46. The normalized spacial score (nSPS) is 33.9. The Kier molecular flexibility index (Phi) is 2.90. The molecule has 3 N–H and O–H groups in total. The number of hydrogen-bond donors (Lipinski definition) is 3. The van der Waals surface area contributed by atoms with Crippen LogP contribution in [0.1, 0.15) is 35.3 Å². The van der Waals surface area contributed by atoms with E-state index in [0.717, 1.165) is 11.3 Å². The third-order valence-electron chi connectivity index (χ3n) is 4.80. The lowest BCUT2D eigenvalue weighted by Gasteiger charge is -2.30. The molecule has 2 fully saturated rings. The lowest BCUT2D eigenvalue weighted by Crippen LogP contribution is -2.45. The van der Waals surface area contributed by atoms with Gasteiger partial charge in [-0.05, 0) is 44.1 Å². The topological polar surface area (TPSA) is 65.1 Å². The number of aromatic nitrogens is 1. The lowest BCUT2D eigenvalue weighted by molar-refractivity contribution is 0.0861. The largest absolute Gasteiger partial charge is 0.396 e. The number of carbonyl (C=O) groups is 1. The van der Waals surface area contributed by atoms with Crippen molar-refractivity contribution >= 4 is 5.91 Å². The molecule has 1 aromatic rings. The minimum atomic E-state index is -0.00949. The van der Waals surface area contributed by atoms with Crippen molar-refractivity contribution < 1.29 is 9.90 Å². The Balaban J connectivity index is 1.73. The molecule has 3 rings (SSSR count). The predicted molar refractivity (Wildman–Crippen MR) is 68.2 cm³/mol. The highest BCUT2D eigenvalue weighted by Crippen LogP contribution is 2.48. The van der Waals surface area contributed by atoms with Gasteiger partial charge >= 0.3 is 0 Å². The quantitative estimate of drug-likeness (QED) is 0.758. The molecule has 1 heterocycles. The maximum absolute atomic E-state index is 12.2. The molecule has 2 saturated carbocycles. The second-order valence-corrected chi connectivity index (χ2v) is 5.70. The summed E-state index contributed by atoms with van der Waals surface area (Å²) in [6, 6.07) is 1.97. The van der Waals surface area contributed by atoms with Gasteiger partial charge in [-0.3, -0.25) is 4.79 Å². The van der Waals surface area contributed by atoms with Crippen LogP contribution in [0.2, 0.25) is 0 Å². The molecule has 1 amide bonds. The van der Waals surface area contributed by atoms with E-state index < -0.39 is 0 Å². The van der Waals surface area contributed by atoms with Gasteiger partial charge in [0.15, 0.2) is 0 Å². The number of amides is 1. The van der Waals surface area contributed by atoms with Crippen LogP contribution in [0, 0.1) is 24.7 Å². The molecule has 98 valence electrons. The van der Waals surface area contributed by atoms with E-state index in [0.29, 0.717) is 11.8 Å². The first-order valence-electron chi connectivity index (χ1n) is 6.76. The first-order valence-corrected chi connectivity index (χ1v) is 6.76. The van der Waals surface area contributed by atoms with Crippen LogP contribution < -0.4 is 5.32 Å². The fourth-order valence-electron chi connectivity index (χ4n) is 3.83. The zero-order valence-corrected chi connectivity index (χ0v) is 10.6. The van der Waals surface area contributed by atoms with Gasteiger partial charge in [-0.15, -0.1) is 0 Å². The Morgan fingerprint density at radius 2 is 2.28 bits per heavy atom. The van der Waals surface area contributed by atoms with Gasteiger partial charge in [0, 0.05) is 30.5 Å². The van der Waals surface area contributed by atoms with E-state index in [-0.39, 0.29) is 24.5 Å². The Bertz CT molecular complexity index is 454. The number of aromatic amines is 1. The van der Waals surface area contributed by atoms with Crippen LogP contribution in [-0.4, -0.2) is 28.6 Å². The van der Waals surface area contributed by atoms with Crippen molar-refractivity contribution in [3.63, 3.8) is 0 Å². The molecule has 4 heteroatoms. The standard InChI is InChI=1S/C14H20N2O2/c1-8-11(4-5-15-8)14(18)16-13-10-3-2-9(6-10)12(13)7-17/h4-5,9-10,12-13,15,17H,2-3,6-7H2,1H3,(H,16,18). The van der Waals surface area contributed by atoms with E-state index >= 15 is 0 Å². The molecule has 1 aromatic heterocycles. The molecule has 4 nitrogen and oxygen atoms in total. The Morgan fingerprint density at radius 3 is 2.94 bits per heavy atom. The van der Waals surface area contributed by atoms with Crippen LogP contribution in [0.5, 0.6) is 0 Å². The third-order valence-corrected chi connectivity index (χ3v) is 4.80. The maximum atomic E-state index is 12.2. The van der Waals surface area contributed by atoms with Gasteiger partial charge in [0.2, 0.25) is 0 Å². The molecular weight excluding hydrogens is 228 g/mol. The van der Waals surface area contributed by atoms with Gasteiger partial charge in [0.25, 0.3) is 5.91 Å². The molecule has 2 bridgehead atoms. The number of fused-ring (bicyclic) bond motifs is 2. The van der Waals surface area contributed by atoms with Crippen LogP contribution in [0.4, 0.5) is 0 Å². The van der Waals surface area contributed by atoms with Crippen molar-refractivity contribution in [3.05, 3.63) is 23.5 Å². The van der Waals surface area contributed by atoms with E-state index in [1.807, 2.05) is 13.0 Å². The van der Waals surface area contributed by atoms with Gasteiger partial charge in [-0.1, -0.05) is 0 Å². The smallest absolute Gasteiger partial charge is 0.253 e. The summed E-state index contributed by atoms with van der Waals surface area (Å²) < 4.78 is 0. The molecular formula is C14H20N2O2. The van der Waals surface area contributed by atoms with Crippen molar-refractivity contribution in [3.8, 4) is 0 Å². The van der Waals surface area contributed by atoms with Crippen LogP contribution in [0.15, 0.2) is 12.3 Å². The number of nitrogens with one attached hydrogen (secondary N) is 2. The molecule has 0 aliphatic heterocycles. The number of aliphatic hydroxyl groups excluding tert-OH is 1. The summed E-state index contributed by atoms with van der Waals surface area (Å²) >= 11 is 0. The first kappa shape index (κ1) is 11.8. The highest BCUT2D eigenvalue weighted by atomic mass is 16.3. The minimum absolute atomic E-state index is 0.00949. The summed E-state index contributed by atoms with van der Waals surface area (Å²) in [7, 11) is 0. The van der Waals surface area contributed by atoms with Gasteiger partial charge in [-0.2, -0.15) is 0 Å². The Labute approximate surface area is 107 Å². The summed E-state index contributed by atoms with van der Waals surface area (Å²) in [5.41, 5.74) is 1.62. The van der Waals surface area contributed by atoms with E-state index in [9.17, 15) is 9.90 Å². The van der Waals surface area contributed by atoms with Crippen molar-refractivity contribution in [2.75, 3.05) is 6.61 Å². The van der Waals surface area contributed by atoms with Crippen molar-refractivity contribution in [1.29, 1.82) is 0 Å². The summed E-state index contributed by atoms with van der Waals surface area (Å²) in [5, 5.41) is 12.6. The highest BCUT2D eigenvalue weighted by Gasteiger charge is 2.47. The minimum Gasteiger partial charge on any atom is -0.396 e. The van der Waals surface area contributed by atoms with E-state index in [4.69, 9.17) is 0 Å². The Hall–Kier alpha value is -1.29. The monoisotopic (exact) mass is 248 g/mol. The molecule has 2 aliphatic rings. The summed E-state index contributed by atoms with van der Waals surface area (Å²) in [6.45, 7) is 2.09. The zero-order valence-electron chi connectivity index (χ0n) is 10.6. The molecule has 0 aromatic carbocycles. The first-order chi connectivity index (χ1) is 8.70. The zero-order chi connectivity index (χ0) is 12.7. The SMILES string of the molecule is Cc1[nH]ccc1C(=O)NC1C2CCC(C2)C1CO. The summed E-state index contributed by atoms with van der Waals surface area (Å²) in [5.74, 6) is 1.42. The number of rotatable bonds is 3. The lowest BCUT2D eigenvalue weighted by atomic mass is 9.85. The second-order valence-electron chi connectivity index (χ2n) is 5.70. The molecule has 18 heavy (non-hydrogen) atoms. The van der Waals surface area contributed by atoms with E-state index in [1.54, 1.807) is 6.20 Å². The molecule has 4 unspecified atom stereocenters. The van der Waals surface area contributed by atoms with Crippen LogP contribution in [-0.2, 0) is 0 Å². The van der Waals surface area contributed by atoms with Crippen LogP contribution in [0.25, 0.3) is 0 Å². The van der Waals surface area contributed by atoms with Gasteiger partial charge < -0.3 is 15.4 Å². The molecule has 2 aliphatic carbocycles. The average molecular weight is 248 g/mol. The maximum Gasteiger partial charge on any atom is 0.253 e. The fraction of sp³-hybridized carbons (Fsp3) is 0.643. The van der Waals surface area contributed by atoms with Crippen LogP contribution >= 0.6 is 0 Å². The fourth-order valence-corrected chi connectivity index (χ4v) is 3.83. The van der Waals surface area contributed by atoms with Crippen molar-refractivity contribution in [1.82, 2.24) is 10.3 Å². The van der Waals surface area contributed by atoms with Gasteiger partial charge in [0.05, 0.1) is 5.56 Å². The number of H-pyrrole nitrogens is 1. The summed E-state index contributed by atoms with van der Waals surface area (Å²) in [4.78, 5) is 15.2. The number of aryl methyl sites for hydroxylation is 1. The number of hydrogen-bond acceptors (Lipinski definition) is 2. The van der Waals surface area contributed by atoms with Gasteiger partial charge in [0.1, 0.15) is 0 Å². The Morgan fingerprint density at radius 1 is 1.50 bits per heavy atom. The molecule has 4 atom stereocenters. The van der Waals surface area contributed by atoms with E-state index in [1.165, 1.54) is 19.3 Å². The van der Waals surface area contributed by atoms with Crippen molar-refractivity contribution in [2.24, 2.45) is 17.8 Å². The molecule has 0 radical (unpaired) electrons.